The van der Waals surface area contributed by atoms with Crippen LogP contribution >= 0.6 is 15.9 Å². The van der Waals surface area contributed by atoms with Crippen molar-refractivity contribution in [2.75, 3.05) is 26.9 Å². The monoisotopic (exact) mass is 340 g/mol. The predicted molar refractivity (Wildman–Crippen MR) is 78.3 cm³/mol. The molecule has 2 aliphatic heterocycles. The highest BCUT2D eigenvalue weighted by Crippen LogP contribution is 2.40. The van der Waals surface area contributed by atoms with Crippen LogP contribution in [0.2, 0.25) is 0 Å². The number of rotatable bonds is 2. The molecule has 3 rings (SSSR count). The largest absolute Gasteiger partial charge is 0.454 e. The number of benzene rings is 1. The summed E-state index contributed by atoms with van der Waals surface area (Å²) < 4.78 is 11.5. The van der Waals surface area contributed by atoms with E-state index in [4.69, 9.17) is 9.47 Å². The lowest BCUT2D eigenvalue weighted by Crippen LogP contribution is -2.43. The molecule has 2 aliphatic rings. The maximum absolute atomic E-state index is 12.6. The summed E-state index contributed by atoms with van der Waals surface area (Å²) in [7, 11) is 1.87. The number of carbonyl (C=O) groups is 1. The summed E-state index contributed by atoms with van der Waals surface area (Å²) in [5.74, 6) is 1.32. The minimum absolute atomic E-state index is 0.0240. The van der Waals surface area contributed by atoms with Crippen LogP contribution in [0.4, 0.5) is 0 Å². The minimum atomic E-state index is 0.0240. The molecule has 108 valence electrons. The lowest BCUT2D eigenvalue weighted by molar-refractivity contribution is 0.0703. The van der Waals surface area contributed by atoms with E-state index >= 15 is 0 Å². The van der Waals surface area contributed by atoms with Gasteiger partial charge in [-0.25, -0.2) is 0 Å². The quantitative estimate of drug-likeness (QED) is 0.894. The topological polar surface area (TPSA) is 50.8 Å². The van der Waals surface area contributed by atoms with Crippen molar-refractivity contribution in [2.45, 2.75) is 18.9 Å². The Labute approximate surface area is 126 Å². The van der Waals surface area contributed by atoms with E-state index in [9.17, 15) is 4.79 Å². The first-order valence-corrected chi connectivity index (χ1v) is 7.53. The molecule has 0 radical (unpaired) electrons. The highest BCUT2D eigenvalue weighted by atomic mass is 79.9. The zero-order valence-electron chi connectivity index (χ0n) is 11.3. The molecule has 5 nitrogen and oxygen atoms in total. The van der Waals surface area contributed by atoms with Gasteiger partial charge in [0, 0.05) is 18.7 Å². The molecule has 20 heavy (non-hydrogen) atoms. The molecule has 0 saturated carbocycles. The molecular formula is C14H17BrN2O3. The molecule has 1 amide bonds. The second kappa shape index (κ2) is 5.61. The van der Waals surface area contributed by atoms with Crippen LogP contribution in [0.15, 0.2) is 16.6 Å². The summed E-state index contributed by atoms with van der Waals surface area (Å²) in [4.78, 5) is 14.4. The third kappa shape index (κ3) is 2.50. The number of ether oxygens (including phenoxy) is 2. The van der Waals surface area contributed by atoms with Crippen molar-refractivity contribution >= 4 is 21.8 Å². The maximum Gasteiger partial charge on any atom is 0.254 e. The molecule has 1 saturated heterocycles. The number of halogens is 1. The molecule has 0 spiro atoms. The van der Waals surface area contributed by atoms with E-state index in [0.717, 1.165) is 30.4 Å². The number of hydrogen-bond acceptors (Lipinski definition) is 4. The number of fused-ring (bicyclic) bond motifs is 1. The zero-order chi connectivity index (χ0) is 14.1. The Morgan fingerprint density at radius 1 is 1.35 bits per heavy atom. The van der Waals surface area contributed by atoms with Gasteiger partial charge >= 0.3 is 0 Å². The molecule has 2 heterocycles. The maximum atomic E-state index is 12.6. The molecule has 0 aromatic heterocycles. The third-order valence-corrected chi connectivity index (χ3v) is 4.44. The van der Waals surface area contributed by atoms with Gasteiger partial charge in [0.1, 0.15) is 0 Å². The Hall–Kier alpha value is -1.27. The standard InChI is InChI=1S/C14H17BrN2O3/c1-17(10-2-4-16-5-3-10)14(18)9-6-11(15)13-12(7-9)19-8-20-13/h6-7,10,16H,2-5,8H2,1H3. The van der Waals surface area contributed by atoms with Crippen LogP contribution in [0.3, 0.4) is 0 Å². The predicted octanol–water partition coefficient (Wildman–Crippen LogP) is 2.00. The average Bonchev–Trinajstić information content (AvgIpc) is 2.95. The molecule has 0 unspecified atom stereocenters. The minimum Gasteiger partial charge on any atom is -0.454 e. The van der Waals surface area contributed by atoms with Crippen LogP contribution in [-0.4, -0.2) is 43.8 Å². The summed E-state index contributed by atoms with van der Waals surface area (Å²) >= 11 is 3.43. The summed E-state index contributed by atoms with van der Waals surface area (Å²) in [6, 6.07) is 3.86. The van der Waals surface area contributed by atoms with E-state index in [2.05, 4.69) is 21.2 Å². The van der Waals surface area contributed by atoms with Crippen LogP contribution in [0, 0.1) is 0 Å². The van der Waals surface area contributed by atoms with Crippen molar-refractivity contribution in [3.63, 3.8) is 0 Å². The van der Waals surface area contributed by atoms with E-state index in [1.54, 1.807) is 12.1 Å². The molecule has 0 bridgehead atoms. The van der Waals surface area contributed by atoms with Gasteiger partial charge in [-0.05, 0) is 54.0 Å². The molecule has 1 fully saturated rings. The average molecular weight is 341 g/mol. The highest BCUT2D eigenvalue weighted by molar-refractivity contribution is 9.10. The fourth-order valence-corrected chi connectivity index (χ4v) is 3.21. The molecule has 6 heteroatoms. The second-order valence-electron chi connectivity index (χ2n) is 5.09. The SMILES string of the molecule is CN(C(=O)c1cc(Br)c2c(c1)OCO2)C1CCNCC1. The molecule has 0 aliphatic carbocycles. The molecule has 1 aromatic carbocycles. The second-order valence-corrected chi connectivity index (χ2v) is 5.94. The fraction of sp³-hybridized carbons (Fsp3) is 0.500. The molecular weight excluding hydrogens is 324 g/mol. The van der Waals surface area contributed by atoms with E-state index in [0.29, 0.717) is 23.1 Å². The molecule has 1 aromatic rings. The highest BCUT2D eigenvalue weighted by Gasteiger charge is 2.26. The first-order chi connectivity index (χ1) is 9.66. The van der Waals surface area contributed by atoms with Crippen molar-refractivity contribution < 1.29 is 14.3 Å². The van der Waals surface area contributed by atoms with Crippen molar-refractivity contribution in [3.05, 3.63) is 22.2 Å². The number of nitrogens with one attached hydrogen (secondary N) is 1. The Morgan fingerprint density at radius 3 is 2.85 bits per heavy atom. The lowest BCUT2D eigenvalue weighted by atomic mass is 10.0. The normalized spacial score (nSPS) is 18.1. The van der Waals surface area contributed by atoms with Crippen molar-refractivity contribution in [2.24, 2.45) is 0 Å². The summed E-state index contributed by atoms with van der Waals surface area (Å²) in [6.07, 6.45) is 1.99. The molecule has 1 N–H and O–H groups in total. The number of nitrogens with zero attached hydrogens (tertiary/aromatic N) is 1. The van der Waals surface area contributed by atoms with Gasteiger partial charge in [-0.1, -0.05) is 0 Å². The fourth-order valence-electron chi connectivity index (χ4n) is 2.65. The third-order valence-electron chi connectivity index (χ3n) is 3.85. The number of hydrogen-bond donors (Lipinski definition) is 1. The van der Waals surface area contributed by atoms with Gasteiger partial charge in [-0.3, -0.25) is 4.79 Å². The van der Waals surface area contributed by atoms with E-state index in [1.807, 2.05) is 11.9 Å². The number of carbonyl (C=O) groups excluding carboxylic acids is 1. The van der Waals surface area contributed by atoms with Gasteiger partial charge in [0.15, 0.2) is 11.5 Å². The van der Waals surface area contributed by atoms with Gasteiger partial charge in [0.05, 0.1) is 4.47 Å². The first kappa shape index (κ1) is 13.7. The van der Waals surface area contributed by atoms with Crippen molar-refractivity contribution in [1.29, 1.82) is 0 Å². The van der Waals surface area contributed by atoms with E-state index in [-0.39, 0.29) is 12.7 Å². The van der Waals surface area contributed by atoms with Crippen LogP contribution in [0.5, 0.6) is 11.5 Å². The Morgan fingerprint density at radius 2 is 2.10 bits per heavy atom. The smallest absolute Gasteiger partial charge is 0.254 e. The Kier molecular flexibility index (Phi) is 3.85. The van der Waals surface area contributed by atoms with Crippen LogP contribution < -0.4 is 14.8 Å². The van der Waals surface area contributed by atoms with Gasteiger partial charge in [-0.15, -0.1) is 0 Å². The van der Waals surface area contributed by atoms with Crippen molar-refractivity contribution in [1.82, 2.24) is 10.2 Å². The van der Waals surface area contributed by atoms with Crippen LogP contribution in [0.25, 0.3) is 0 Å². The van der Waals surface area contributed by atoms with Gasteiger partial charge in [0.2, 0.25) is 6.79 Å². The van der Waals surface area contributed by atoms with E-state index < -0.39 is 0 Å². The summed E-state index contributed by atoms with van der Waals surface area (Å²) in [5.41, 5.74) is 0.627. The van der Waals surface area contributed by atoms with Gasteiger partial charge < -0.3 is 19.7 Å². The lowest BCUT2D eigenvalue weighted by Gasteiger charge is -2.31. The van der Waals surface area contributed by atoms with Gasteiger partial charge in [0.25, 0.3) is 5.91 Å². The van der Waals surface area contributed by atoms with Crippen molar-refractivity contribution in [3.8, 4) is 11.5 Å². The van der Waals surface area contributed by atoms with Gasteiger partial charge in [-0.2, -0.15) is 0 Å². The van der Waals surface area contributed by atoms with Crippen LogP contribution in [0.1, 0.15) is 23.2 Å². The summed E-state index contributed by atoms with van der Waals surface area (Å²) in [6.45, 7) is 2.13. The van der Waals surface area contributed by atoms with Crippen LogP contribution in [-0.2, 0) is 0 Å². The first-order valence-electron chi connectivity index (χ1n) is 6.74. The number of piperidine rings is 1. The zero-order valence-corrected chi connectivity index (χ0v) is 12.9. The molecule has 0 atom stereocenters. The Bertz CT molecular complexity index is 529. The Balaban J connectivity index is 1.81. The van der Waals surface area contributed by atoms with E-state index in [1.165, 1.54) is 0 Å². The number of amides is 1. The summed E-state index contributed by atoms with van der Waals surface area (Å²) in [5, 5.41) is 3.31.